The lowest BCUT2D eigenvalue weighted by Gasteiger charge is -2.13. The van der Waals surface area contributed by atoms with Crippen molar-refractivity contribution in [3.8, 4) is 11.5 Å². The number of ether oxygens (including phenoxy) is 2. The number of carbonyl (C=O) groups excluding carboxylic acids is 1. The van der Waals surface area contributed by atoms with Crippen molar-refractivity contribution in [2.24, 2.45) is 0 Å². The Morgan fingerprint density at radius 2 is 1.77 bits per heavy atom. The number of rotatable bonds is 7. The van der Waals surface area contributed by atoms with E-state index < -0.39 is 17.8 Å². The van der Waals surface area contributed by atoms with Gasteiger partial charge in [-0.25, -0.2) is 0 Å². The van der Waals surface area contributed by atoms with E-state index in [1.807, 2.05) is 30.3 Å². The largest absolute Gasteiger partial charge is 0.493 e. The van der Waals surface area contributed by atoms with Gasteiger partial charge in [-0.3, -0.25) is 9.78 Å². The van der Waals surface area contributed by atoms with Crippen LogP contribution < -0.4 is 14.8 Å². The predicted octanol–water partition coefficient (Wildman–Crippen LogP) is 4.62. The predicted molar refractivity (Wildman–Crippen MR) is 104 cm³/mol. The summed E-state index contributed by atoms with van der Waals surface area (Å²) in [5.41, 5.74) is 0.751. The van der Waals surface area contributed by atoms with Crippen LogP contribution in [0, 0.1) is 0 Å². The molecular formula is C22H19F3N2O3. The van der Waals surface area contributed by atoms with Crippen LogP contribution in [0.1, 0.15) is 27.2 Å². The molecule has 0 radical (unpaired) electrons. The lowest BCUT2D eigenvalue weighted by molar-refractivity contribution is -0.141. The van der Waals surface area contributed by atoms with Gasteiger partial charge in [-0.2, -0.15) is 13.2 Å². The molecule has 1 amide bonds. The molecule has 0 aliphatic rings. The normalized spacial score (nSPS) is 11.1. The molecule has 0 atom stereocenters. The number of methoxy groups -OCH3 is 1. The third-order valence-corrected chi connectivity index (χ3v) is 4.23. The first-order chi connectivity index (χ1) is 14.4. The zero-order valence-electron chi connectivity index (χ0n) is 16.1. The lowest BCUT2D eigenvalue weighted by atomic mass is 10.2. The number of carbonyl (C=O) groups is 1. The Labute approximate surface area is 171 Å². The molecule has 0 saturated heterocycles. The molecule has 3 aromatic rings. The molecule has 0 spiro atoms. The summed E-state index contributed by atoms with van der Waals surface area (Å²) in [5.74, 6) is 0.539. The van der Waals surface area contributed by atoms with E-state index in [2.05, 4.69) is 10.3 Å². The van der Waals surface area contributed by atoms with Gasteiger partial charge in [0.2, 0.25) is 0 Å². The molecule has 30 heavy (non-hydrogen) atoms. The van der Waals surface area contributed by atoms with Crippen molar-refractivity contribution in [2.75, 3.05) is 7.11 Å². The zero-order valence-corrected chi connectivity index (χ0v) is 16.1. The lowest BCUT2D eigenvalue weighted by Crippen LogP contribution is -2.23. The van der Waals surface area contributed by atoms with Crippen LogP contribution in [0.5, 0.6) is 11.5 Å². The third-order valence-electron chi connectivity index (χ3n) is 4.23. The molecule has 0 fully saturated rings. The standard InChI is InChI=1S/C22H19F3N2O3/c1-29-19-11-16(7-9-18(19)30-14-15-5-3-2-4-6-15)12-27-21(28)17-8-10-20(26-13-17)22(23,24)25/h2-11,13H,12,14H2,1H3,(H,27,28). The molecule has 5 nitrogen and oxygen atoms in total. The molecule has 1 heterocycles. The second-order valence-corrected chi connectivity index (χ2v) is 6.37. The number of nitrogens with zero attached hydrogens (tertiary/aromatic N) is 1. The van der Waals surface area contributed by atoms with Crippen LogP contribution in [0.2, 0.25) is 0 Å². The van der Waals surface area contributed by atoms with Gasteiger partial charge in [0.25, 0.3) is 5.91 Å². The molecule has 0 saturated carbocycles. The highest BCUT2D eigenvalue weighted by Gasteiger charge is 2.32. The van der Waals surface area contributed by atoms with Crippen LogP contribution in [0.25, 0.3) is 0 Å². The van der Waals surface area contributed by atoms with Crippen molar-refractivity contribution in [2.45, 2.75) is 19.3 Å². The fraction of sp³-hybridized carbons (Fsp3) is 0.182. The summed E-state index contributed by atoms with van der Waals surface area (Å²) >= 11 is 0. The maximum atomic E-state index is 12.6. The summed E-state index contributed by atoms with van der Waals surface area (Å²) in [7, 11) is 1.51. The van der Waals surface area contributed by atoms with Gasteiger partial charge >= 0.3 is 6.18 Å². The van der Waals surface area contributed by atoms with Crippen LogP contribution in [-0.4, -0.2) is 18.0 Å². The average Bonchev–Trinajstić information content (AvgIpc) is 2.76. The zero-order chi connectivity index (χ0) is 21.6. The first-order valence-electron chi connectivity index (χ1n) is 9.02. The summed E-state index contributed by atoms with van der Waals surface area (Å²) in [6.07, 6.45) is -3.64. The minimum atomic E-state index is -4.55. The number of aromatic nitrogens is 1. The number of nitrogens with one attached hydrogen (secondary N) is 1. The van der Waals surface area contributed by atoms with Crippen molar-refractivity contribution in [1.82, 2.24) is 10.3 Å². The number of pyridine rings is 1. The monoisotopic (exact) mass is 416 g/mol. The molecule has 0 bridgehead atoms. The Hall–Kier alpha value is -3.55. The van der Waals surface area contributed by atoms with Gasteiger partial charge in [0, 0.05) is 12.7 Å². The third kappa shape index (κ3) is 5.50. The van der Waals surface area contributed by atoms with Gasteiger partial charge in [0.05, 0.1) is 12.7 Å². The van der Waals surface area contributed by atoms with Crippen molar-refractivity contribution in [3.63, 3.8) is 0 Å². The molecule has 3 rings (SSSR count). The molecule has 2 aromatic carbocycles. The smallest absolute Gasteiger partial charge is 0.433 e. The van der Waals surface area contributed by atoms with E-state index in [-0.39, 0.29) is 12.1 Å². The van der Waals surface area contributed by atoms with E-state index >= 15 is 0 Å². The van der Waals surface area contributed by atoms with Crippen LogP contribution in [0.15, 0.2) is 66.9 Å². The number of hydrogen-bond acceptors (Lipinski definition) is 4. The topological polar surface area (TPSA) is 60.5 Å². The van der Waals surface area contributed by atoms with E-state index in [1.54, 1.807) is 18.2 Å². The highest BCUT2D eigenvalue weighted by atomic mass is 19.4. The molecule has 0 unspecified atom stereocenters. The first-order valence-corrected chi connectivity index (χ1v) is 9.02. The van der Waals surface area contributed by atoms with E-state index in [0.717, 1.165) is 29.5 Å². The van der Waals surface area contributed by atoms with Crippen LogP contribution in [0.4, 0.5) is 13.2 Å². The molecule has 156 valence electrons. The summed E-state index contributed by atoms with van der Waals surface area (Å²) in [4.78, 5) is 15.5. The molecule has 1 aromatic heterocycles. The van der Waals surface area contributed by atoms with Gasteiger partial charge in [-0.15, -0.1) is 0 Å². The van der Waals surface area contributed by atoms with E-state index in [9.17, 15) is 18.0 Å². The number of hydrogen-bond donors (Lipinski definition) is 1. The Morgan fingerprint density at radius 3 is 2.40 bits per heavy atom. The fourth-order valence-corrected chi connectivity index (χ4v) is 2.66. The van der Waals surface area contributed by atoms with Crippen molar-refractivity contribution in [1.29, 1.82) is 0 Å². The highest BCUT2D eigenvalue weighted by Crippen LogP contribution is 2.29. The van der Waals surface area contributed by atoms with Crippen molar-refractivity contribution >= 4 is 5.91 Å². The number of benzene rings is 2. The van der Waals surface area contributed by atoms with Gasteiger partial charge in [-0.1, -0.05) is 36.4 Å². The second-order valence-electron chi connectivity index (χ2n) is 6.37. The Balaban J connectivity index is 1.60. The van der Waals surface area contributed by atoms with Crippen LogP contribution >= 0.6 is 0 Å². The minimum Gasteiger partial charge on any atom is -0.493 e. The minimum absolute atomic E-state index is 0.0396. The fourth-order valence-electron chi connectivity index (χ4n) is 2.66. The molecule has 1 N–H and O–H groups in total. The average molecular weight is 416 g/mol. The Morgan fingerprint density at radius 1 is 1.00 bits per heavy atom. The molecular weight excluding hydrogens is 397 g/mol. The first kappa shape index (κ1) is 21.2. The van der Waals surface area contributed by atoms with E-state index in [0.29, 0.717) is 18.1 Å². The molecule has 8 heteroatoms. The summed E-state index contributed by atoms with van der Waals surface area (Å²) < 4.78 is 48.8. The maximum absolute atomic E-state index is 12.6. The van der Waals surface area contributed by atoms with Crippen LogP contribution in [-0.2, 0) is 19.3 Å². The van der Waals surface area contributed by atoms with Crippen molar-refractivity contribution < 1.29 is 27.4 Å². The second kappa shape index (κ2) is 9.30. The maximum Gasteiger partial charge on any atom is 0.433 e. The van der Waals surface area contributed by atoms with Gasteiger partial charge < -0.3 is 14.8 Å². The summed E-state index contributed by atoms with van der Waals surface area (Å²) in [5, 5.41) is 2.65. The van der Waals surface area contributed by atoms with E-state index in [1.165, 1.54) is 7.11 Å². The Bertz CT molecular complexity index is 991. The molecule has 0 aliphatic heterocycles. The van der Waals surface area contributed by atoms with E-state index in [4.69, 9.17) is 9.47 Å². The van der Waals surface area contributed by atoms with Gasteiger partial charge in [0.15, 0.2) is 11.5 Å². The van der Waals surface area contributed by atoms with Gasteiger partial charge in [-0.05, 0) is 35.4 Å². The number of halogens is 3. The molecule has 0 aliphatic carbocycles. The number of alkyl halides is 3. The highest BCUT2D eigenvalue weighted by molar-refractivity contribution is 5.93. The summed E-state index contributed by atoms with van der Waals surface area (Å²) in [6, 6.07) is 16.8. The Kier molecular flexibility index (Phi) is 6.56. The number of amides is 1. The summed E-state index contributed by atoms with van der Waals surface area (Å²) in [6.45, 7) is 0.545. The quantitative estimate of drug-likeness (QED) is 0.611. The van der Waals surface area contributed by atoms with Crippen molar-refractivity contribution in [3.05, 3.63) is 89.2 Å². The SMILES string of the molecule is COc1cc(CNC(=O)c2ccc(C(F)(F)F)nc2)ccc1OCc1ccccc1. The van der Waals surface area contributed by atoms with Gasteiger partial charge in [0.1, 0.15) is 12.3 Å². The van der Waals surface area contributed by atoms with Crippen LogP contribution in [0.3, 0.4) is 0 Å².